The van der Waals surface area contributed by atoms with Crippen molar-refractivity contribution in [3.8, 4) is 5.69 Å². The Kier molecular flexibility index (Phi) is 6.27. The van der Waals surface area contributed by atoms with Gasteiger partial charge < -0.3 is 10.2 Å². The number of nitrogens with one attached hydrogen (secondary N) is 1. The number of halogens is 2. The van der Waals surface area contributed by atoms with Crippen molar-refractivity contribution in [1.29, 1.82) is 0 Å². The number of piperazine rings is 1. The van der Waals surface area contributed by atoms with E-state index < -0.39 is 0 Å². The van der Waals surface area contributed by atoms with Crippen LogP contribution in [-0.4, -0.2) is 64.1 Å². The lowest BCUT2D eigenvalue weighted by atomic mass is 10.2. The van der Waals surface area contributed by atoms with Crippen molar-refractivity contribution >= 4 is 17.5 Å². The number of benzene rings is 2. The number of nitrogens with zero attached hydrogens (tertiary/aromatic N) is 4. The maximum absolute atomic E-state index is 13.2. The molecule has 0 unspecified atom stereocenters. The van der Waals surface area contributed by atoms with Crippen LogP contribution in [-0.2, 0) is 4.79 Å². The van der Waals surface area contributed by atoms with E-state index in [0.717, 1.165) is 0 Å². The minimum Gasteiger partial charge on any atom is -0.336 e. The molecule has 1 aliphatic rings. The van der Waals surface area contributed by atoms with E-state index in [1.165, 1.54) is 42.6 Å². The quantitative estimate of drug-likeness (QED) is 0.664. The van der Waals surface area contributed by atoms with Gasteiger partial charge in [0.05, 0.1) is 29.7 Å². The summed E-state index contributed by atoms with van der Waals surface area (Å²) in [6.07, 6.45) is 1.53. The van der Waals surface area contributed by atoms with Crippen molar-refractivity contribution in [1.82, 2.24) is 19.6 Å². The molecule has 7 nitrogen and oxygen atoms in total. The Morgan fingerprint density at radius 2 is 1.53 bits per heavy atom. The number of carbonyl (C=O) groups excluding carboxylic acids is 2. The van der Waals surface area contributed by atoms with Crippen LogP contribution in [0, 0.1) is 18.6 Å². The smallest absolute Gasteiger partial charge is 0.257 e. The molecule has 0 saturated carbocycles. The van der Waals surface area contributed by atoms with Crippen LogP contribution in [0.5, 0.6) is 0 Å². The number of aromatic nitrogens is 2. The summed E-state index contributed by atoms with van der Waals surface area (Å²) in [4.78, 5) is 29.0. The van der Waals surface area contributed by atoms with Gasteiger partial charge in [0.15, 0.2) is 0 Å². The first-order chi connectivity index (χ1) is 15.4. The number of carbonyl (C=O) groups is 2. The summed E-state index contributed by atoms with van der Waals surface area (Å²) in [6, 6.07) is 11.5. The first kappa shape index (κ1) is 21.6. The zero-order valence-corrected chi connectivity index (χ0v) is 17.6. The Morgan fingerprint density at radius 1 is 0.938 bits per heavy atom. The molecule has 0 aliphatic carbocycles. The van der Waals surface area contributed by atoms with Crippen LogP contribution < -0.4 is 5.32 Å². The van der Waals surface area contributed by atoms with Crippen LogP contribution in [0.25, 0.3) is 5.69 Å². The number of amides is 2. The van der Waals surface area contributed by atoms with Gasteiger partial charge in [-0.25, -0.2) is 13.5 Å². The molecule has 1 saturated heterocycles. The molecule has 0 spiro atoms. The van der Waals surface area contributed by atoms with Crippen LogP contribution >= 0.6 is 0 Å². The summed E-state index contributed by atoms with van der Waals surface area (Å²) in [5.74, 6) is -1.000. The number of rotatable bonds is 5. The standard InChI is InChI=1S/C23H23F2N5O2/c1-16-21(14-26-30(16)20-8-4-18(25)5-9-20)23(32)29-12-10-28(11-13-29)15-22(31)27-19-6-2-17(24)3-7-19/h2-9,14H,10-13,15H2,1H3,(H,27,31). The van der Waals surface area contributed by atoms with Gasteiger partial charge in [-0.3, -0.25) is 14.5 Å². The van der Waals surface area contributed by atoms with E-state index in [2.05, 4.69) is 10.4 Å². The molecule has 2 aromatic carbocycles. The monoisotopic (exact) mass is 439 g/mol. The van der Waals surface area contributed by atoms with Crippen molar-refractivity contribution in [3.63, 3.8) is 0 Å². The highest BCUT2D eigenvalue weighted by atomic mass is 19.1. The van der Waals surface area contributed by atoms with E-state index in [9.17, 15) is 18.4 Å². The highest BCUT2D eigenvalue weighted by molar-refractivity contribution is 5.95. The second-order valence-electron chi connectivity index (χ2n) is 7.66. The van der Waals surface area contributed by atoms with Crippen molar-refractivity contribution in [2.45, 2.75) is 6.92 Å². The third-order valence-electron chi connectivity index (χ3n) is 5.47. The van der Waals surface area contributed by atoms with Crippen molar-refractivity contribution in [2.24, 2.45) is 0 Å². The highest BCUT2D eigenvalue weighted by Crippen LogP contribution is 2.17. The van der Waals surface area contributed by atoms with E-state index >= 15 is 0 Å². The lowest BCUT2D eigenvalue weighted by Gasteiger charge is -2.34. The van der Waals surface area contributed by atoms with Gasteiger partial charge in [0.2, 0.25) is 5.91 Å². The largest absolute Gasteiger partial charge is 0.336 e. The third kappa shape index (κ3) is 4.83. The van der Waals surface area contributed by atoms with Gasteiger partial charge >= 0.3 is 0 Å². The minimum absolute atomic E-state index is 0.119. The van der Waals surface area contributed by atoms with E-state index in [1.54, 1.807) is 28.6 Å². The molecule has 1 aromatic heterocycles. The fourth-order valence-corrected chi connectivity index (χ4v) is 3.68. The molecule has 32 heavy (non-hydrogen) atoms. The Balaban J connectivity index is 1.32. The molecule has 3 aromatic rings. The lowest BCUT2D eigenvalue weighted by molar-refractivity contribution is -0.117. The zero-order chi connectivity index (χ0) is 22.7. The predicted molar refractivity (Wildman–Crippen MR) is 116 cm³/mol. The molecular weight excluding hydrogens is 416 g/mol. The Hall–Kier alpha value is -3.59. The van der Waals surface area contributed by atoms with E-state index in [0.29, 0.717) is 48.8 Å². The molecule has 4 rings (SSSR count). The summed E-state index contributed by atoms with van der Waals surface area (Å²) in [6.45, 7) is 4.11. The molecule has 1 aliphatic heterocycles. The molecular formula is C23H23F2N5O2. The van der Waals surface area contributed by atoms with Crippen LogP contribution in [0.1, 0.15) is 16.1 Å². The van der Waals surface area contributed by atoms with Gasteiger partial charge in [-0.05, 0) is 55.5 Å². The van der Waals surface area contributed by atoms with Crippen molar-refractivity contribution < 1.29 is 18.4 Å². The topological polar surface area (TPSA) is 70.5 Å². The molecule has 0 atom stereocenters. The van der Waals surface area contributed by atoms with E-state index in [-0.39, 0.29) is 30.0 Å². The number of anilines is 1. The molecule has 2 heterocycles. The molecule has 0 radical (unpaired) electrons. The second kappa shape index (κ2) is 9.27. The number of hydrogen-bond donors (Lipinski definition) is 1. The molecule has 0 bridgehead atoms. The van der Waals surface area contributed by atoms with Gasteiger partial charge in [-0.15, -0.1) is 0 Å². The van der Waals surface area contributed by atoms with E-state index in [4.69, 9.17) is 0 Å². The van der Waals surface area contributed by atoms with Crippen molar-refractivity contribution in [2.75, 3.05) is 38.0 Å². The average molecular weight is 439 g/mol. The fraction of sp³-hybridized carbons (Fsp3) is 0.261. The SMILES string of the molecule is Cc1c(C(=O)N2CCN(CC(=O)Nc3ccc(F)cc3)CC2)cnn1-c1ccc(F)cc1. The summed E-state index contributed by atoms with van der Waals surface area (Å²) in [5, 5.41) is 7.03. The summed E-state index contributed by atoms with van der Waals surface area (Å²) >= 11 is 0. The fourth-order valence-electron chi connectivity index (χ4n) is 3.68. The van der Waals surface area contributed by atoms with Gasteiger partial charge in [0.1, 0.15) is 11.6 Å². The highest BCUT2D eigenvalue weighted by Gasteiger charge is 2.26. The van der Waals surface area contributed by atoms with Crippen LogP contribution in [0.3, 0.4) is 0 Å². The Bertz CT molecular complexity index is 1100. The maximum Gasteiger partial charge on any atom is 0.257 e. The van der Waals surface area contributed by atoms with Gasteiger partial charge in [-0.2, -0.15) is 5.10 Å². The van der Waals surface area contributed by atoms with Crippen LogP contribution in [0.4, 0.5) is 14.5 Å². The summed E-state index contributed by atoms with van der Waals surface area (Å²) in [7, 11) is 0. The normalized spacial score (nSPS) is 14.4. The third-order valence-corrected chi connectivity index (χ3v) is 5.47. The molecule has 9 heteroatoms. The van der Waals surface area contributed by atoms with Gasteiger partial charge in [0.25, 0.3) is 5.91 Å². The summed E-state index contributed by atoms with van der Waals surface area (Å²) in [5.41, 5.74) is 2.40. The maximum atomic E-state index is 13.2. The molecule has 1 N–H and O–H groups in total. The van der Waals surface area contributed by atoms with Crippen LogP contribution in [0.2, 0.25) is 0 Å². The first-order valence-corrected chi connectivity index (χ1v) is 10.3. The summed E-state index contributed by atoms with van der Waals surface area (Å²) < 4.78 is 27.8. The van der Waals surface area contributed by atoms with Gasteiger partial charge in [0, 0.05) is 31.9 Å². The molecule has 1 fully saturated rings. The van der Waals surface area contributed by atoms with Gasteiger partial charge in [-0.1, -0.05) is 0 Å². The molecule has 2 amide bonds. The first-order valence-electron chi connectivity index (χ1n) is 10.3. The second-order valence-corrected chi connectivity index (χ2v) is 7.66. The Morgan fingerprint density at radius 3 is 2.16 bits per heavy atom. The van der Waals surface area contributed by atoms with E-state index in [1.807, 2.05) is 4.90 Å². The number of hydrogen-bond acceptors (Lipinski definition) is 4. The van der Waals surface area contributed by atoms with Crippen molar-refractivity contribution in [3.05, 3.63) is 77.6 Å². The lowest BCUT2D eigenvalue weighted by Crippen LogP contribution is -2.50. The Labute approximate surface area is 184 Å². The minimum atomic E-state index is -0.359. The van der Waals surface area contributed by atoms with Crippen LogP contribution in [0.15, 0.2) is 54.7 Å². The predicted octanol–water partition coefficient (Wildman–Crippen LogP) is 2.86. The molecule has 166 valence electrons. The average Bonchev–Trinajstić information content (AvgIpc) is 3.17. The zero-order valence-electron chi connectivity index (χ0n) is 17.6.